The molecule has 4 fully saturated rings. The lowest BCUT2D eigenvalue weighted by molar-refractivity contribution is -0.140. The molecule has 3 amide bonds. The number of likely N-dealkylation sites (tertiary alicyclic amines) is 1. The van der Waals surface area contributed by atoms with Crippen LogP contribution in [-0.4, -0.2) is 69.5 Å². The van der Waals surface area contributed by atoms with Crippen molar-refractivity contribution in [2.75, 3.05) is 19.7 Å². The standard InChI is InChI=1S/C22H35N3O4S/c1-2-11-23-19(27)16-15-9-10-22(30-15)17(16)21(29)25(12-6-13-26)18(22)20(28)24-14-7-4-3-5-8-14/h14-18,26H,2-13H2,1H3,(H,23,27)(H,24,28)/t15-,16+,17+,18?,22?/m1/s1. The average molecular weight is 438 g/mol. The van der Waals surface area contributed by atoms with E-state index in [1.807, 2.05) is 6.92 Å². The second-order valence-corrected chi connectivity index (χ2v) is 10.9. The first kappa shape index (κ1) is 21.9. The number of hydrogen-bond donors (Lipinski definition) is 3. The van der Waals surface area contributed by atoms with Crippen LogP contribution in [0, 0.1) is 11.8 Å². The van der Waals surface area contributed by atoms with E-state index < -0.39 is 16.7 Å². The van der Waals surface area contributed by atoms with Gasteiger partial charge in [0, 0.05) is 31.0 Å². The van der Waals surface area contributed by atoms with Gasteiger partial charge < -0.3 is 20.6 Å². The number of nitrogens with zero attached hydrogens (tertiary/aromatic N) is 1. The zero-order valence-electron chi connectivity index (χ0n) is 17.9. The predicted octanol–water partition coefficient (Wildman–Crippen LogP) is 1.44. The molecule has 0 aromatic heterocycles. The summed E-state index contributed by atoms with van der Waals surface area (Å²) in [7, 11) is 0. The van der Waals surface area contributed by atoms with Crippen molar-refractivity contribution < 1.29 is 19.5 Å². The Hall–Kier alpha value is -1.28. The summed E-state index contributed by atoms with van der Waals surface area (Å²) in [6, 6.07) is -0.355. The zero-order valence-corrected chi connectivity index (χ0v) is 18.7. The molecule has 8 heteroatoms. The molecule has 0 aromatic carbocycles. The van der Waals surface area contributed by atoms with Crippen LogP contribution in [-0.2, 0) is 14.4 Å². The van der Waals surface area contributed by atoms with Crippen LogP contribution in [0.4, 0.5) is 0 Å². The fourth-order valence-electron chi connectivity index (χ4n) is 6.13. The SMILES string of the molecule is CCCNC(=O)[C@@H]1[C@H]2C(=O)N(CCCO)C(C(=O)NC3CCCCC3)C23CC[C@H]1S3. The van der Waals surface area contributed by atoms with Crippen LogP contribution in [0.5, 0.6) is 0 Å². The normalized spacial score (nSPS) is 35.5. The molecule has 3 saturated heterocycles. The maximum Gasteiger partial charge on any atom is 0.244 e. The third-order valence-electron chi connectivity index (χ3n) is 7.41. The number of aliphatic hydroxyl groups is 1. The van der Waals surface area contributed by atoms with Crippen molar-refractivity contribution in [3.8, 4) is 0 Å². The van der Waals surface area contributed by atoms with Gasteiger partial charge in [-0.2, -0.15) is 0 Å². The molecule has 2 unspecified atom stereocenters. The van der Waals surface area contributed by atoms with Crippen molar-refractivity contribution in [1.29, 1.82) is 0 Å². The van der Waals surface area contributed by atoms with E-state index in [9.17, 15) is 19.5 Å². The molecule has 5 atom stereocenters. The van der Waals surface area contributed by atoms with Gasteiger partial charge in [0.05, 0.1) is 16.6 Å². The van der Waals surface area contributed by atoms with Crippen LogP contribution in [0.1, 0.15) is 64.7 Å². The number of amides is 3. The first-order valence-electron chi connectivity index (χ1n) is 11.7. The zero-order chi connectivity index (χ0) is 21.3. The monoisotopic (exact) mass is 437 g/mol. The number of carbonyl (C=O) groups is 3. The van der Waals surface area contributed by atoms with Gasteiger partial charge in [-0.05, 0) is 38.5 Å². The molecule has 0 aromatic rings. The van der Waals surface area contributed by atoms with E-state index >= 15 is 0 Å². The van der Waals surface area contributed by atoms with E-state index in [0.29, 0.717) is 19.5 Å². The molecule has 7 nitrogen and oxygen atoms in total. The number of hydrogen-bond acceptors (Lipinski definition) is 5. The summed E-state index contributed by atoms with van der Waals surface area (Å²) in [6.45, 7) is 2.97. The lowest BCUT2D eigenvalue weighted by atomic mass is 9.70. The average Bonchev–Trinajstić information content (AvgIpc) is 3.38. The first-order chi connectivity index (χ1) is 14.5. The topological polar surface area (TPSA) is 98.7 Å². The Morgan fingerprint density at radius 2 is 1.97 bits per heavy atom. The Morgan fingerprint density at radius 1 is 1.20 bits per heavy atom. The predicted molar refractivity (Wildman–Crippen MR) is 116 cm³/mol. The minimum absolute atomic E-state index is 0.0193. The van der Waals surface area contributed by atoms with Gasteiger partial charge in [0.25, 0.3) is 0 Å². The lowest BCUT2D eigenvalue weighted by Gasteiger charge is -2.35. The van der Waals surface area contributed by atoms with Crippen molar-refractivity contribution in [2.24, 2.45) is 11.8 Å². The van der Waals surface area contributed by atoms with E-state index in [1.165, 1.54) is 6.42 Å². The highest BCUT2D eigenvalue weighted by molar-refractivity contribution is 8.02. The summed E-state index contributed by atoms with van der Waals surface area (Å²) in [5.41, 5.74) is 0. The minimum Gasteiger partial charge on any atom is -0.396 e. The minimum atomic E-state index is -0.539. The lowest BCUT2D eigenvalue weighted by Crippen LogP contribution is -2.55. The summed E-state index contributed by atoms with van der Waals surface area (Å²) in [4.78, 5) is 41.7. The van der Waals surface area contributed by atoms with Crippen LogP contribution >= 0.6 is 11.8 Å². The van der Waals surface area contributed by atoms with E-state index in [2.05, 4.69) is 10.6 Å². The largest absolute Gasteiger partial charge is 0.396 e. The molecular weight excluding hydrogens is 402 g/mol. The molecule has 168 valence electrons. The van der Waals surface area contributed by atoms with E-state index in [4.69, 9.17) is 0 Å². The highest BCUT2D eigenvalue weighted by atomic mass is 32.2. The second-order valence-electron chi connectivity index (χ2n) is 9.30. The molecule has 2 bridgehead atoms. The summed E-state index contributed by atoms with van der Waals surface area (Å²) in [6.07, 6.45) is 8.45. The van der Waals surface area contributed by atoms with Gasteiger partial charge in [-0.15, -0.1) is 11.8 Å². The van der Waals surface area contributed by atoms with Crippen molar-refractivity contribution in [3.05, 3.63) is 0 Å². The van der Waals surface area contributed by atoms with E-state index in [0.717, 1.165) is 44.9 Å². The van der Waals surface area contributed by atoms with Gasteiger partial charge in [-0.3, -0.25) is 14.4 Å². The third-order valence-corrected chi connectivity index (χ3v) is 9.36. The maximum atomic E-state index is 13.5. The number of nitrogens with one attached hydrogen (secondary N) is 2. The Balaban J connectivity index is 1.60. The first-order valence-corrected chi connectivity index (χ1v) is 12.6. The highest BCUT2D eigenvalue weighted by Gasteiger charge is 2.73. The number of rotatable bonds is 8. The van der Waals surface area contributed by atoms with Crippen LogP contribution < -0.4 is 10.6 Å². The fourth-order valence-corrected chi connectivity index (χ4v) is 8.35. The quantitative estimate of drug-likeness (QED) is 0.534. The van der Waals surface area contributed by atoms with Gasteiger partial charge in [0.1, 0.15) is 6.04 Å². The Morgan fingerprint density at radius 3 is 2.67 bits per heavy atom. The summed E-state index contributed by atoms with van der Waals surface area (Å²) >= 11 is 1.71. The summed E-state index contributed by atoms with van der Waals surface area (Å²) < 4.78 is -0.510. The maximum absolute atomic E-state index is 13.5. The van der Waals surface area contributed by atoms with Crippen LogP contribution in [0.2, 0.25) is 0 Å². The van der Waals surface area contributed by atoms with Gasteiger partial charge in [-0.1, -0.05) is 26.2 Å². The molecule has 3 aliphatic heterocycles. The molecule has 4 rings (SSSR count). The molecule has 3 N–H and O–H groups in total. The molecule has 0 radical (unpaired) electrons. The summed E-state index contributed by atoms with van der Waals surface area (Å²) in [5, 5.41) is 15.7. The molecule has 1 spiro atoms. The number of carbonyl (C=O) groups excluding carboxylic acids is 3. The molecule has 30 heavy (non-hydrogen) atoms. The number of thioether (sulfide) groups is 1. The Kier molecular flexibility index (Phi) is 6.63. The smallest absolute Gasteiger partial charge is 0.244 e. The van der Waals surface area contributed by atoms with Gasteiger partial charge >= 0.3 is 0 Å². The molecular formula is C22H35N3O4S. The number of fused-ring (bicyclic) bond motifs is 1. The highest BCUT2D eigenvalue weighted by Crippen LogP contribution is 2.66. The van der Waals surface area contributed by atoms with Gasteiger partial charge in [0.15, 0.2) is 0 Å². The van der Waals surface area contributed by atoms with Crippen molar-refractivity contribution in [2.45, 2.75) is 86.8 Å². The Labute approximate surface area is 183 Å². The van der Waals surface area contributed by atoms with Gasteiger partial charge in [0.2, 0.25) is 17.7 Å². The van der Waals surface area contributed by atoms with Crippen LogP contribution in [0.15, 0.2) is 0 Å². The second kappa shape index (κ2) is 9.07. The van der Waals surface area contributed by atoms with E-state index in [1.54, 1.807) is 16.7 Å². The van der Waals surface area contributed by atoms with Crippen molar-refractivity contribution >= 4 is 29.5 Å². The molecule has 3 heterocycles. The van der Waals surface area contributed by atoms with Crippen molar-refractivity contribution in [1.82, 2.24) is 15.5 Å². The summed E-state index contributed by atoms with van der Waals surface area (Å²) in [5.74, 6) is -0.951. The van der Waals surface area contributed by atoms with Gasteiger partial charge in [-0.25, -0.2) is 0 Å². The third kappa shape index (κ3) is 3.64. The Bertz CT molecular complexity index is 683. The fraction of sp³-hybridized carbons (Fsp3) is 0.864. The number of aliphatic hydroxyl groups excluding tert-OH is 1. The van der Waals surface area contributed by atoms with E-state index in [-0.39, 0.29) is 41.5 Å². The van der Waals surface area contributed by atoms with Crippen molar-refractivity contribution in [3.63, 3.8) is 0 Å². The van der Waals surface area contributed by atoms with Crippen LogP contribution in [0.3, 0.4) is 0 Å². The van der Waals surface area contributed by atoms with Crippen LogP contribution in [0.25, 0.3) is 0 Å². The molecule has 1 aliphatic carbocycles. The molecule has 4 aliphatic rings. The molecule has 1 saturated carbocycles.